The summed E-state index contributed by atoms with van der Waals surface area (Å²) < 4.78 is 1.73. The van der Waals surface area contributed by atoms with Gasteiger partial charge in [-0.2, -0.15) is 4.57 Å². The fourth-order valence-electron chi connectivity index (χ4n) is 1.40. The summed E-state index contributed by atoms with van der Waals surface area (Å²) in [6.45, 7) is 2.05. The van der Waals surface area contributed by atoms with Crippen LogP contribution in [0.15, 0.2) is 24.5 Å². The van der Waals surface area contributed by atoms with Crippen molar-refractivity contribution in [2.75, 3.05) is 24.7 Å². The Balaban J connectivity index is 2.83. The highest BCUT2D eigenvalue weighted by molar-refractivity contribution is 7.99. The Morgan fingerprint density at radius 1 is 1.47 bits per heavy atom. The standard InChI is InChI=1S/C12H18N2O2S/c1-4-9-17-11(12(15)16)14-7-5-10(6-8-14)13(2)3/h5-8,11H,4,9H2,1-3H3/p+1. The maximum atomic E-state index is 11.2. The third-order valence-corrected chi connectivity index (χ3v) is 3.72. The van der Waals surface area contributed by atoms with E-state index in [4.69, 9.17) is 0 Å². The van der Waals surface area contributed by atoms with E-state index in [1.54, 1.807) is 4.57 Å². The van der Waals surface area contributed by atoms with E-state index in [0.29, 0.717) is 0 Å². The summed E-state index contributed by atoms with van der Waals surface area (Å²) in [5.74, 6) is 0.0467. The van der Waals surface area contributed by atoms with Gasteiger partial charge in [-0.25, -0.2) is 4.79 Å². The normalized spacial score (nSPS) is 12.2. The number of anilines is 1. The van der Waals surface area contributed by atoms with Gasteiger partial charge in [0.1, 0.15) is 0 Å². The summed E-state index contributed by atoms with van der Waals surface area (Å²) in [5, 5.41) is 8.64. The van der Waals surface area contributed by atoms with Crippen LogP contribution in [-0.4, -0.2) is 30.9 Å². The van der Waals surface area contributed by atoms with Crippen LogP contribution in [0.1, 0.15) is 18.7 Å². The number of pyridine rings is 1. The number of carbonyl (C=O) groups is 1. The molecule has 1 aromatic heterocycles. The second kappa shape index (κ2) is 6.49. The summed E-state index contributed by atoms with van der Waals surface area (Å²) >= 11 is 1.45. The van der Waals surface area contributed by atoms with Gasteiger partial charge in [0.05, 0.1) is 0 Å². The van der Waals surface area contributed by atoms with Crippen molar-refractivity contribution in [3.63, 3.8) is 0 Å². The molecule has 0 aliphatic heterocycles. The summed E-state index contributed by atoms with van der Waals surface area (Å²) in [6.07, 6.45) is 4.61. The molecular weight excluding hydrogens is 236 g/mol. The van der Waals surface area contributed by atoms with Crippen molar-refractivity contribution in [1.82, 2.24) is 0 Å². The Morgan fingerprint density at radius 3 is 2.47 bits per heavy atom. The summed E-state index contributed by atoms with van der Waals surface area (Å²) in [5.41, 5.74) is 1.06. The second-order valence-electron chi connectivity index (χ2n) is 3.96. The van der Waals surface area contributed by atoms with Crippen LogP contribution in [0.4, 0.5) is 5.69 Å². The molecule has 0 amide bonds. The van der Waals surface area contributed by atoms with E-state index < -0.39 is 11.3 Å². The lowest BCUT2D eigenvalue weighted by Crippen LogP contribution is -2.41. The Morgan fingerprint density at radius 2 is 2.06 bits per heavy atom. The van der Waals surface area contributed by atoms with Crippen molar-refractivity contribution >= 4 is 23.4 Å². The van der Waals surface area contributed by atoms with Crippen molar-refractivity contribution in [3.05, 3.63) is 24.5 Å². The van der Waals surface area contributed by atoms with E-state index in [0.717, 1.165) is 17.9 Å². The lowest BCUT2D eigenvalue weighted by Gasteiger charge is -2.12. The lowest BCUT2D eigenvalue weighted by molar-refractivity contribution is -0.688. The highest BCUT2D eigenvalue weighted by atomic mass is 32.2. The molecule has 1 atom stereocenters. The molecule has 0 bridgehead atoms. The Kier molecular flexibility index (Phi) is 5.28. The number of carboxylic acids is 1. The minimum Gasteiger partial charge on any atom is -0.476 e. The first-order valence-electron chi connectivity index (χ1n) is 5.58. The van der Waals surface area contributed by atoms with Crippen LogP contribution in [0.25, 0.3) is 0 Å². The molecule has 0 fully saturated rings. The fraction of sp³-hybridized carbons (Fsp3) is 0.500. The number of nitrogens with zero attached hydrogens (tertiary/aromatic N) is 2. The highest BCUT2D eigenvalue weighted by Gasteiger charge is 2.26. The second-order valence-corrected chi connectivity index (χ2v) is 5.15. The van der Waals surface area contributed by atoms with E-state index in [2.05, 4.69) is 0 Å². The first-order chi connectivity index (χ1) is 8.06. The predicted molar refractivity (Wildman–Crippen MR) is 70.4 cm³/mol. The summed E-state index contributed by atoms with van der Waals surface area (Å²) in [4.78, 5) is 13.2. The van der Waals surface area contributed by atoms with Crippen LogP contribution in [-0.2, 0) is 4.79 Å². The number of hydrogen-bond donors (Lipinski definition) is 1. The minimum atomic E-state index is -0.800. The van der Waals surface area contributed by atoms with Crippen LogP contribution in [0.5, 0.6) is 0 Å². The number of rotatable bonds is 6. The molecule has 5 heteroatoms. The monoisotopic (exact) mass is 255 g/mol. The molecule has 94 valence electrons. The SMILES string of the molecule is CCCSC(C(=O)O)[n+]1ccc(N(C)C)cc1. The Bertz CT molecular complexity index is 365. The largest absolute Gasteiger partial charge is 0.476 e. The average molecular weight is 255 g/mol. The molecule has 1 N–H and O–H groups in total. The molecule has 1 aromatic rings. The molecule has 0 aromatic carbocycles. The number of hydrogen-bond acceptors (Lipinski definition) is 3. The molecule has 0 saturated carbocycles. The fourth-order valence-corrected chi connectivity index (χ4v) is 2.31. The number of thioether (sulfide) groups is 1. The predicted octanol–water partition coefficient (Wildman–Crippen LogP) is 1.77. The van der Waals surface area contributed by atoms with Crippen molar-refractivity contribution in [1.29, 1.82) is 0 Å². The smallest absolute Gasteiger partial charge is 0.384 e. The van der Waals surface area contributed by atoms with Gasteiger partial charge >= 0.3 is 11.3 Å². The van der Waals surface area contributed by atoms with Crippen LogP contribution in [0, 0.1) is 0 Å². The van der Waals surface area contributed by atoms with Crippen LogP contribution < -0.4 is 9.47 Å². The molecular formula is C12H19N2O2S+. The van der Waals surface area contributed by atoms with Crippen molar-refractivity contribution in [3.8, 4) is 0 Å². The molecule has 0 radical (unpaired) electrons. The Labute approximate surface area is 106 Å². The van der Waals surface area contributed by atoms with Crippen molar-refractivity contribution in [2.45, 2.75) is 18.7 Å². The molecule has 1 heterocycles. The molecule has 17 heavy (non-hydrogen) atoms. The quantitative estimate of drug-likeness (QED) is 0.787. The first kappa shape index (κ1) is 13.8. The average Bonchev–Trinajstić information content (AvgIpc) is 2.29. The maximum absolute atomic E-state index is 11.2. The number of aliphatic carboxylic acids is 1. The summed E-state index contributed by atoms with van der Waals surface area (Å²) in [7, 11) is 3.92. The van der Waals surface area contributed by atoms with Crippen LogP contribution >= 0.6 is 11.8 Å². The van der Waals surface area contributed by atoms with Gasteiger partial charge < -0.3 is 10.0 Å². The highest BCUT2D eigenvalue weighted by Crippen LogP contribution is 2.18. The third kappa shape index (κ3) is 3.93. The molecule has 1 rings (SSSR count). The van der Waals surface area contributed by atoms with Gasteiger partial charge in [0.15, 0.2) is 12.4 Å². The third-order valence-electron chi connectivity index (χ3n) is 2.31. The van der Waals surface area contributed by atoms with Gasteiger partial charge in [-0.05, 0) is 12.2 Å². The Hall–Kier alpha value is -1.23. The minimum absolute atomic E-state index is 0.536. The van der Waals surface area contributed by atoms with E-state index in [1.165, 1.54) is 11.8 Å². The molecule has 4 nitrogen and oxygen atoms in total. The molecule has 1 unspecified atom stereocenters. The van der Waals surface area contributed by atoms with E-state index in [1.807, 2.05) is 50.4 Å². The number of carboxylic acid groups (broad SMARTS) is 1. The topological polar surface area (TPSA) is 44.4 Å². The lowest BCUT2D eigenvalue weighted by atomic mass is 10.4. The van der Waals surface area contributed by atoms with E-state index in [-0.39, 0.29) is 0 Å². The maximum Gasteiger partial charge on any atom is 0.384 e. The summed E-state index contributed by atoms with van der Waals surface area (Å²) in [6, 6.07) is 3.84. The molecule has 0 saturated heterocycles. The van der Waals surface area contributed by atoms with Gasteiger partial charge in [0.2, 0.25) is 0 Å². The van der Waals surface area contributed by atoms with Gasteiger partial charge in [-0.3, -0.25) is 0 Å². The van der Waals surface area contributed by atoms with Gasteiger partial charge in [0.25, 0.3) is 0 Å². The molecule has 0 spiro atoms. The number of aromatic nitrogens is 1. The first-order valence-corrected chi connectivity index (χ1v) is 6.63. The zero-order valence-corrected chi connectivity index (χ0v) is 11.3. The zero-order valence-electron chi connectivity index (χ0n) is 10.5. The van der Waals surface area contributed by atoms with Crippen LogP contribution in [0.2, 0.25) is 0 Å². The van der Waals surface area contributed by atoms with Gasteiger partial charge in [-0.1, -0.05) is 18.7 Å². The van der Waals surface area contributed by atoms with Gasteiger partial charge in [-0.15, -0.1) is 0 Å². The van der Waals surface area contributed by atoms with Crippen molar-refractivity contribution < 1.29 is 14.5 Å². The zero-order chi connectivity index (χ0) is 12.8. The molecule has 0 aliphatic carbocycles. The van der Waals surface area contributed by atoms with Gasteiger partial charge in [0, 0.05) is 31.9 Å². The molecule has 0 aliphatic rings. The van der Waals surface area contributed by atoms with E-state index >= 15 is 0 Å². The van der Waals surface area contributed by atoms with Crippen molar-refractivity contribution in [2.24, 2.45) is 0 Å². The van der Waals surface area contributed by atoms with Crippen LogP contribution in [0.3, 0.4) is 0 Å². The van der Waals surface area contributed by atoms with E-state index in [9.17, 15) is 9.90 Å².